The largest absolute Gasteiger partial charge is 0.381 e. The molecule has 0 aliphatic carbocycles. The smallest absolute Gasteiger partial charge is 0.193 e. The lowest BCUT2D eigenvalue weighted by Crippen LogP contribution is -2.44. The van der Waals surface area contributed by atoms with Crippen LogP contribution in [0.15, 0.2) is 23.2 Å². The molecule has 2 saturated heterocycles. The highest BCUT2D eigenvalue weighted by Gasteiger charge is 2.42. The van der Waals surface area contributed by atoms with Crippen LogP contribution in [0.3, 0.4) is 0 Å². The molecule has 1 spiro atoms. The molecule has 1 aromatic carbocycles. The van der Waals surface area contributed by atoms with Crippen LogP contribution >= 0.6 is 24.0 Å². The number of benzene rings is 1. The molecule has 27 heavy (non-hydrogen) atoms. The molecule has 1 N–H and O–H groups in total. The number of rotatable bonds is 4. The van der Waals surface area contributed by atoms with Crippen molar-refractivity contribution in [2.75, 3.05) is 54.0 Å². The molecule has 8 heteroatoms. The second kappa shape index (κ2) is 9.47. The Balaban J connectivity index is 0.00000261. The summed E-state index contributed by atoms with van der Waals surface area (Å²) >= 11 is 0. The van der Waals surface area contributed by atoms with Crippen molar-refractivity contribution < 1.29 is 13.5 Å². The first kappa shape index (κ1) is 22.3. The molecule has 2 aliphatic heterocycles. The number of halogens is 3. The van der Waals surface area contributed by atoms with Gasteiger partial charge in [0, 0.05) is 44.3 Å². The summed E-state index contributed by atoms with van der Waals surface area (Å²) in [5.74, 6) is -0.273. The molecule has 2 fully saturated rings. The third-order valence-electron chi connectivity index (χ3n) is 5.54. The van der Waals surface area contributed by atoms with Gasteiger partial charge in [-0.2, -0.15) is 0 Å². The third kappa shape index (κ3) is 4.89. The van der Waals surface area contributed by atoms with Crippen LogP contribution in [0, 0.1) is 17.0 Å². The van der Waals surface area contributed by atoms with Gasteiger partial charge in [0.05, 0.1) is 12.6 Å². The fraction of sp³-hybridized carbons (Fsp3) is 0.632. The minimum Gasteiger partial charge on any atom is -0.381 e. The number of likely N-dealkylation sites (tertiary alicyclic amines) is 1. The lowest BCUT2D eigenvalue weighted by Gasteiger charge is -2.29. The molecule has 2 heterocycles. The molecule has 2 aliphatic rings. The summed E-state index contributed by atoms with van der Waals surface area (Å²) in [5.41, 5.74) is 0.318. The second-order valence-corrected chi connectivity index (χ2v) is 7.52. The van der Waals surface area contributed by atoms with Crippen molar-refractivity contribution in [2.24, 2.45) is 10.4 Å². The molecule has 5 nitrogen and oxygen atoms in total. The van der Waals surface area contributed by atoms with Crippen LogP contribution in [0.25, 0.3) is 0 Å². The maximum absolute atomic E-state index is 14.2. The van der Waals surface area contributed by atoms with E-state index >= 15 is 0 Å². The topological polar surface area (TPSA) is 40.1 Å². The SMILES string of the molecule is CN=C(NCC(c1c(F)cccc1F)N(C)C)N1CCC2(CCOC2)C1.I. The van der Waals surface area contributed by atoms with Crippen LogP contribution in [-0.2, 0) is 4.74 Å². The number of aliphatic imine (C=N–C) groups is 1. The van der Waals surface area contributed by atoms with Gasteiger partial charge in [-0.3, -0.25) is 4.99 Å². The highest BCUT2D eigenvalue weighted by molar-refractivity contribution is 14.0. The fourth-order valence-corrected chi connectivity index (χ4v) is 3.98. The van der Waals surface area contributed by atoms with Gasteiger partial charge in [0.25, 0.3) is 0 Å². The predicted molar refractivity (Wildman–Crippen MR) is 114 cm³/mol. The summed E-state index contributed by atoms with van der Waals surface area (Å²) in [5, 5.41) is 3.31. The zero-order valence-corrected chi connectivity index (χ0v) is 18.5. The van der Waals surface area contributed by atoms with Gasteiger partial charge in [0.15, 0.2) is 5.96 Å². The predicted octanol–water partition coefficient (Wildman–Crippen LogP) is 2.87. The van der Waals surface area contributed by atoms with E-state index in [0.29, 0.717) is 6.54 Å². The summed E-state index contributed by atoms with van der Waals surface area (Å²) < 4.78 is 34.0. The van der Waals surface area contributed by atoms with E-state index in [2.05, 4.69) is 15.2 Å². The van der Waals surface area contributed by atoms with Gasteiger partial charge in [0.1, 0.15) is 11.6 Å². The van der Waals surface area contributed by atoms with E-state index in [9.17, 15) is 8.78 Å². The van der Waals surface area contributed by atoms with E-state index in [1.54, 1.807) is 7.05 Å². The zero-order chi connectivity index (χ0) is 18.7. The minimum absolute atomic E-state index is 0. The number of nitrogens with zero attached hydrogens (tertiary/aromatic N) is 3. The van der Waals surface area contributed by atoms with Crippen molar-refractivity contribution in [1.29, 1.82) is 0 Å². The van der Waals surface area contributed by atoms with Gasteiger partial charge < -0.3 is 19.9 Å². The molecule has 2 atom stereocenters. The molecule has 0 aromatic heterocycles. The molecule has 3 rings (SSSR count). The number of guanidine groups is 1. The number of hydrogen-bond acceptors (Lipinski definition) is 3. The van der Waals surface area contributed by atoms with Crippen molar-refractivity contribution in [3.8, 4) is 0 Å². The maximum Gasteiger partial charge on any atom is 0.193 e. The first-order chi connectivity index (χ1) is 12.5. The van der Waals surface area contributed by atoms with Crippen molar-refractivity contribution in [1.82, 2.24) is 15.1 Å². The standard InChI is InChI=1S/C19H28F2N4O.HI/c1-22-18(25-9-7-19(12-25)8-10-26-13-19)23-11-16(24(2)3)17-14(20)5-4-6-15(17)21;/h4-6,16H,7-13H2,1-3H3,(H,22,23);1H. The van der Waals surface area contributed by atoms with Crippen LogP contribution in [-0.4, -0.2) is 69.8 Å². The van der Waals surface area contributed by atoms with Crippen LogP contribution in [0.1, 0.15) is 24.4 Å². The average Bonchev–Trinajstić information content (AvgIpc) is 3.23. The molecule has 152 valence electrons. The number of ether oxygens (including phenoxy) is 1. The quantitative estimate of drug-likeness (QED) is 0.397. The van der Waals surface area contributed by atoms with Gasteiger partial charge >= 0.3 is 0 Å². The highest BCUT2D eigenvalue weighted by atomic mass is 127. The summed E-state index contributed by atoms with van der Waals surface area (Å²) in [4.78, 5) is 8.42. The van der Waals surface area contributed by atoms with Crippen molar-refractivity contribution >= 4 is 29.9 Å². The van der Waals surface area contributed by atoms with E-state index in [1.165, 1.54) is 18.2 Å². The minimum atomic E-state index is -0.524. The van der Waals surface area contributed by atoms with Gasteiger partial charge in [-0.25, -0.2) is 8.78 Å². The lowest BCUT2D eigenvalue weighted by molar-refractivity contribution is 0.156. The molecule has 0 saturated carbocycles. The van der Waals surface area contributed by atoms with E-state index in [1.807, 2.05) is 19.0 Å². The molecule has 0 bridgehead atoms. The number of hydrogen-bond donors (Lipinski definition) is 1. The Kier molecular flexibility index (Phi) is 7.82. The molecule has 0 amide bonds. The Morgan fingerprint density at radius 1 is 1.33 bits per heavy atom. The first-order valence-electron chi connectivity index (χ1n) is 9.09. The molecule has 0 radical (unpaired) electrons. The van der Waals surface area contributed by atoms with Crippen molar-refractivity contribution in [3.63, 3.8) is 0 Å². The molecular formula is C19H29F2IN4O. The molecule has 1 aromatic rings. The lowest BCUT2D eigenvalue weighted by atomic mass is 9.87. The highest BCUT2D eigenvalue weighted by Crippen LogP contribution is 2.38. The summed E-state index contributed by atoms with van der Waals surface area (Å²) in [7, 11) is 5.39. The van der Waals surface area contributed by atoms with Gasteiger partial charge in [-0.1, -0.05) is 6.07 Å². The number of nitrogens with one attached hydrogen (secondary N) is 1. The van der Waals surface area contributed by atoms with Crippen LogP contribution in [0.4, 0.5) is 8.78 Å². The van der Waals surface area contributed by atoms with Crippen LogP contribution < -0.4 is 5.32 Å². The number of likely N-dealkylation sites (N-methyl/N-ethyl adjacent to an activating group) is 1. The Hall–Kier alpha value is -1.00. The maximum atomic E-state index is 14.2. The van der Waals surface area contributed by atoms with Gasteiger partial charge in [-0.15, -0.1) is 24.0 Å². The van der Waals surface area contributed by atoms with Crippen LogP contribution in [0.2, 0.25) is 0 Å². The Labute approximate surface area is 177 Å². The Morgan fingerprint density at radius 2 is 2.04 bits per heavy atom. The van der Waals surface area contributed by atoms with E-state index < -0.39 is 17.7 Å². The van der Waals surface area contributed by atoms with Gasteiger partial charge in [-0.05, 0) is 39.1 Å². The van der Waals surface area contributed by atoms with E-state index in [0.717, 1.165) is 45.1 Å². The third-order valence-corrected chi connectivity index (χ3v) is 5.54. The van der Waals surface area contributed by atoms with Gasteiger partial charge in [0.2, 0.25) is 0 Å². The fourth-order valence-electron chi connectivity index (χ4n) is 3.98. The Bertz CT molecular complexity index is 645. The summed E-state index contributed by atoms with van der Waals surface area (Å²) in [6.45, 7) is 3.84. The first-order valence-corrected chi connectivity index (χ1v) is 9.09. The van der Waals surface area contributed by atoms with E-state index in [-0.39, 0.29) is 35.0 Å². The van der Waals surface area contributed by atoms with E-state index in [4.69, 9.17) is 4.74 Å². The normalized spacial score (nSPS) is 23.8. The second-order valence-electron chi connectivity index (χ2n) is 7.52. The Morgan fingerprint density at radius 3 is 2.59 bits per heavy atom. The summed E-state index contributed by atoms with van der Waals surface area (Å²) in [6, 6.07) is 3.56. The van der Waals surface area contributed by atoms with Crippen LogP contribution in [0.5, 0.6) is 0 Å². The van der Waals surface area contributed by atoms with Crippen molar-refractivity contribution in [3.05, 3.63) is 35.4 Å². The van der Waals surface area contributed by atoms with Crippen molar-refractivity contribution in [2.45, 2.75) is 18.9 Å². The molecular weight excluding hydrogens is 465 g/mol. The molecule has 2 unspecified atom stereocenters. The average molecular weight is 494 g/mol. The zero-order valence-electron chi connectivity index (χ0n) is 16.2. The summed E-state index contributed by atoms with van der Waals surface area (Å²) in [6.07, 6.45) is 2.17. The monoisotopic (exact) mass is 494 g/mol.